The second-order valence-electron chi connectivity index (χ2n) is 3.48. The third kappa shape index (κ3) is 3.22. The topological polar surface area (TPSA) is 9.23 Å². The molecule has 0 amide bonds. The summed E-state index contributed by atoms with van der Waals surface area (Å²) in [7, 11) is 1.69. The van der Waals surface area contributed by atoms with Crippen LogP contribution >= 0.6 is 11.6 Å². The number of halogens is 1. The number of hydrogen-bond donors (Lipinski definition) is 0. The smallest absolute Gasteiger partial charge is 0.119 e. The van der Waals surface area contributed by atoms with Crippen molar-refractivity contribution in [2.24, 2.45) is 5.92 Å². The van der Waals surface area contributed by atoms with E-state index in [-0.39, 0.29) is 0 Å². The summed E-state index contributed by atoms with van der Waals surface area (Å²) in [6.07, 6.45) is 2.16. The third-order valence-electron chi connectivity index (χ3n) is 2.45. The maximum absolute atomic E-state index is 5.86. The molecule has 0 aliphatic carbocycles. The predicted octanol–water partition coefficient (Wildman–Crippen LogP) is 3.50. The van der Waals surface area contributed by atoms with Gasteiger partial charge in [-0.1, -0.05) is 25.5 Å². The van der Waals surface area contributed by atoms with E-state index in [9.17, 15) is 0 Å². The van der Waals surface area contributed by atoms with Crippen molar-refractivity contribution in [3.05, 3.63) is 29.8 Å². The van der Waals surface area contributed by atoms with Crippen molar-refractivity contribution in [2.45, 2.75) is 19.8 Å². The Hall–Kier alpha value is -0.690. The van der Waals surface area contributed by atoms with Gasteiger partial charge in [-0.3, -0.25) is 0 Å². The number of alkyl halides is 1. The van der Waals surface area contributed by atoms with Gasteiger partial charge in [0.2, 0.25) is 0 Å². The highest BCUT2D eigenvalue weighted by molar-refractivity contribution is 6.18. The number of hydrogen-bond acceptors (Lipinski definition) is 1. The number of rotatable bonds is 5. The van der Waals surface area contributed by atoms with Crippen molar-refractivity contribution in [3.8, 4) is 5.75 Å². The molecule has 0 aliphatic heterocycles. The molecule has 1 unspecified atom stereocenters. The van der Waals surface area contributed by atoms with E-state index in [0.29, 0.717) is 5.92 Å². The van der Waals surface area contributed by atoms with Gasteiger partial charge in [-0.05, 0) is 30.0 Å². The largest absolute Gasteiger partial charge is 0.497 e. The Bertz CT molecular complexity index is 269. The van der Waals surface area contributed by atoms with Crippen LogP contribution in [0, 0.1) is 5.92 Å². The Kier molecular flexibility index (Phi) is 4.81. The Morgan fingerprint density at radius 1 is 1.43 bits per heavy atom. The standard InChI is InChI=1S/C12H17ClO/c1-3-10(9-13)7-11-5-4-6-12(8-11)14-2/h4-6,8,10H,3,7,9H2,1-2H3. The van der Waals surface area contributed by atoms with E-state index in [2.05, 4.69) is 19.1 Å². The first kappa shape index (κ1) is 11.4. The summed E-state index contributed by atoms with van der Waals surface area (Å²) >= 11 is 5.86. The molecule has 0 heterocycles. The molecule has 14 heavy (non-hydrogen) atoms. The number of ether oxygens (including phenoxy) is 1. The van der Waals surface area contributed by atoms with Crippen molar-refractivity contribution in [2.75, 3.05) is 13.0 Å². The van der Waals surface area contributed by atoms with E-state index in [1.54, 1.807) is 7.11 Å². The molecule has 0 aromatic heterocycles. The number of benzene rings is 1. The van der Waals surface area contributed by atoms with Crippen molar-refractivity contribution in [3.63, 3.8) is 0 Å². The third-order valence-corrected chi connectivity index (χ3v) is 2.89. The molecule has 0 saturated heterocycles. The van der Waals surface area contributed by atoms with Gasteiger partial charge in [0.25, 0.3) is 0 Å². The lowest BCUT2D eigenvalue weighted by atomic mass is 9.99. The maximum Gasteiger partial charge on any atom is 0.119 e. The predicted molar refractivity (Wildman–Crippen MR) is 61.2 cm³/mol. The molecule has 1 aromatic rings. The molecule has 0 fully saturated rings. The van der Waals surface area contributed by atoms with Crippen LogP contribution in [0.15, 0.2) is 24.3 Å². The van der Waals surface area contributed by atoms with Crippen molar-refractivity contribution in [1.82, 2.24) is 0 Å². The first-order valence-electron chi connectivity index (χ1n) is 4.99. The van der Waals surface area contributed by atoms with Crippen molar-refractivity contribution < 1.29 is 4.74 Å². The van der Waals surface area contributed by atoms with Gasteiger partial charge in [0.15, 0.2) is 0 Å². The Labute approximate surface area is 91.0 Å². The fourth-order valence-electron chi connectivity index (χ4n) is 1.44. The molecule has 1 atom stereocenters. The molecule has 0 aliphatic rings. The lowest BCUT2D eigenvalue weighted by Gasteiger charge is -2.11. The molecular formula is C12H17ClO. The normalized spacial score (nSPS) is 12.5. The molecule has 0 saturated carbocycles. The van der Waals surface area contributed by atoms with E-state index in [4.69, 9.17) is 16.3 Å². The first-order valence-corrected chi connectivity index (χ1v) is 5.52. The molecule has 0 spiro atoms. The van der Waals surface area contributed by atoms with Crippen LogP contribution in [-0.4, -0.2) is 13.0 Å². The van der Waals surface area contributed by atoms with E-state index in [1.807, 2.05) is 12.1 Å². The van der Waals surface area contributed by atoms with E-state index >= 15 is 0 Å². The summed E-state index contributed by atoms with van der Waals surface area (Å²) in [5.74, 6) is 2.23. The van der Waals surface area contributed by atoms with Crippen LogP contribution in [-0.2, 0) is 6.42 Å². The van der Waals surface area contributed by atoms with Crippen LogP contribution in [0.1, 0.15) is 18.9 Å². The zero-order valence-electron chi connectivity index (χ0n) is 8.79. The van der Waals surface area contributed by atoms with Crippen LogP contribution in [0.3, 0.4) is 0 Å². The summed E-state index contributed by atoms with van der Waals surface area (Å²) in [5, 5.41) is 0. The molecule has 1 rings (SSSR count). The summed E-state index contributed by atoms with van der Waals surface area (Å²) in [6.45, 7) is 2.17. The molecular weight excluding hydrogens is 196 g/mol. The van der Waals surface area contributed by atoms with E-state index in [1.165, 1.54) is 5.56 Å². The fraction of sp³-hybridized carbons (Fsp3) is 0.500. The molecule has 78 valence electrons. The van der Waals surface area contributed by atoms with Gasteiger partial charge in [-0.25, -0.2) is 0 Å². The molecule has 0 bridgehead atoms. The Balaban J connectivity index is 2.65. The highest BCUT2D eigenvalue weighted by Crippen LogP contribution is 2.18. The van der Waals surface area contributed by atoms with E-state index in [0.717, 1.165) is 24.5 Å². The van der Waals surface area contributed by atoms with Crippen LogP contribution < -0.4 is 4.74 Å². The highest BCUT2D eigenvalue weighted by Gasteiger charge is 2.06. The van der Waals surface area contributed by atoms with E-state index < -0.39 is 0 Å². The van der Waals surface area contributed by atoms with Crippen molar-refractivity contribution >= 4 is 11.6 Å². The number of methoxy groups -OCH3 is 1. The minimum absolute atomic E-state index is 0.573. The van der Waals surface area contributed by atoms with Crippen LogP contribution in [0.4, 0.5) is 0 Å². The summed E-state index contributed by atoms with van der Waals surface area (Å²) in [4.78, 5) is 0. The average molecular weight is 213 g/mol. The van der Waals surface area contributed by atoms with Gasteiger partial charge < -0.3 is 4.74 Å². The maximum atomic E-state index is 5.86. The molecule has 1 aromatic carbocycles. The second-order valence-corrected chi connectivity index (χ2v) is 3.79. The average Bonchev–Trinajstić information content (AvgIpc) is 2.26. The van der Waals surface area contributed by atoms with Crippen LogP contribution in [0.2, 0.25) is 0 Å². The van der Waals surface area contributed by atoms with Gasteiger partial charge in [0, 0.05) is 5.88 Å². The Morgan fingerprint density at radius 2 is 2.21 bits per heavy atom. The Morgan fingerprint density at radius 3 is 2.79 bits per heavy atom. The van der Waals surface area contributed by atoms with Gasteiger partial charge in [-0.2, -0.15) is 0 Å². The lowest BCUT2D eigenvalue weighted by Crippen LogP contribution is -2.04. The fourth-order valence-corrected chi connectivity index (χ4v) is 1.77. The van der Waals surface area contributed by atoms with Crippen LogP contribution in [0.5, 0.6) is 5.75 Å². The first-order chi connectivity index (χ1) is 6.80. The van der Waals surface area contributed by atoms with Crippen LogP contribution in [0.25, 0.3) is 0 Å². The van der Waals surface area contributed by atoms with Gasteiger partial charge >= 0.3 is 0 Å². The minimum atomic E-state index is 0.573. The quantitative estimate of drug-likeness (QED) is 0.679. The summed E-state index contributed by atoms with van der Waals surface area (Å²) in [6, 6.07) is 8.19. The molecule has 2 heteroatoms. The van der Waals surface area contributed by atoms with Gasteiger partial charge in [-0.15, -0.1) is 11.6 Å². The highest BCUT2D eigenvalue weighted by atomic mass is 35.5. The van der Waals surface area contributed by atoms with Gasteiger partial charge in [0.05, 0.1) is 7.11 Å². The van der Waals surface area contributed by atoms with Gasteiger partial charge in [0.1, 0.15) is 5.75 Å². The summed E-state index contributed by atoms with van der Waals surface area (Å²) < 4.78 is 5.17. The zero-order chi connectivity index (χ0) is 10.4. The molecule has 0 N–H and O–H groups in total. The van der Waals surface area contributed by atoms with Crippen molar-refractivity contribution in [1.29, 1.82) is 0 Å². The second kappa shape index (κ2) is 5.92. The zero-order valence-corrected chi connectivity index (χ0v) is 9.55. The molecule has 1 nitrogen and oxygen atoms in total. The summed E-state index contributed by atoms with van der Waals surface area (Å²) in [5.41, 5.74) is 1.30. The lowest BCUT2D eigenvalue weighted by molar-refractivity contribution is 0.413. The monoisotopic (exact) mass is 212 g/mol. The molecule has 0 radical (unpaired) electrons. The SMILES string of the molecule is CCC(CCl)Cc1cccc(OC)c1. The minimum Gasteiger partial charge on any atom is -0.497 e.